The molecule has 0 fully saturated rings. The lowest BCUT2D eigenvalue weighted by Crippen LogP contribution is -2.36. The second-order valence-electron chi connectivity index (χ2n) is 5.68. The minimum Gasteiger partial charge on any atom is -0.357 e. The summed E-state index contributed by atoms with van der Waals surface area (Å²) < 4.78 is 2.06. The molecule has 0 atom stereocenters. The van der Waals surface area contributed by atoms with Crippen molar-refractivity contribution >= 4 is 41.3 Å². The van der Waals surface area contributed by atoms with Crippen LogP contribution < -0.4 is 10.6 Å². The molecule has 0 spiro atoms. The highest BCUT2D eigenvalue weighted by atomic mass is 127. The van der Waals surface area contributed by atoms with Gasteiger partial charge in [0.25, 0.3) is 0 Å². The average molecular weight is 481 g/mol. The van der Waals surface area contributed by atoms with Gasteiger partial charge in [0.15, 0.2) is 5.96 Å². The third kappa shape index (κ3) is 6.45. The molecule has 0 bridgehead atoms. The molecule has 0 amide bonds. The van der Waals surface area contributed by atoms with Gasteiger partial charge in [-0.25, -0.2) is 9.98 Å². The van der Waals surface area contributed by atoms with Gasteiger partial charge in [-0.3, -0.25) is 0 Å². The summed E-state index contributed by atoms with van der Waals surface area (Å²) in [6.45, 7) is 5.22. The summed E-state index contributed by atoms with van der Waals surface area (Å²) in [5.74, 6) is 0.846. The molecule has 1 aromatic carbocycles. The highest BCUT2D eigenvalue weighted by Crippen LogP contribution is 2.09. The average Bonchev–Trinajstić information content (AvgIpc) is 3.32. The van der Waals surface area contributed by atoms with Crippen LogP contribution in [0.4, 0.5) is 0 Å². The minimum absolute atomic E-state index is 0. The second-order valence-corrected chi connectivity index (χ2v) is 6.71. The number of imidazole rings is 1. The lowest BCUT2D eigenvalue weighted by molar-refractivity contribution is 0.796. The number of benzene rings is 1. The third-order valence-corrected chi connectivity index (χ3v) is 4.60. The third-order valence-electron chi connectivity index (χ3n) is 3.72. The Bertz CT molecular complexity index is 767. The first-order valence-electron chi connectivity index (χ1n) is 8.41. The van der Waals surface area contributed by atoms with Crippen LogP contribution in [0.15, 0.2) is 65.5 Å². The van der Waals surface area contributed by atoms with Gasteiger partial charge in [-0.2, -0.15) is 0 Å². The van der Waals surface area contributed by atoms with Crippen LogP contribution in [0.5, 0.6) is 0 Å². The molecular weight excluding hydrogens is 457 g/mol. The summed E-state index contributed by atoms with van der Waals surface area (Å²) in [5, 5.41) is 8.75. The minimum atomic E-state index is 0. The number of aromatic nitrogens is 2. The number of aliphatic imine (C=N–C) groups is 1. The van der Waals surface area contributed by atoms with Gasteiger partial charge in [-0.15, -0.1) is 35.3 Å². The summed E-state index contributed by atoms with van der Waals surface area (Å²) in [7, 11) is 0. The molecule has 0 aliphatic rings. The molecule has 26 heavy (non-hydrogen) atoms. The second kappa shape index (κ2) is 11.0. The number of hydrogen-bond acceptors (Lipinski definition) is 3. The highest BCUT2D eigenvalue weighted by Gasteiger charge is 2.00. The Morgan fingerprint density at radius 2 is 1.96 bits per heavy atom. The predicted molar refractivity (Wildman–Crippen MR) is 119 cm³/mol. The van der Waals surface area contributed by atoms with Crippen LogP contribution in [0.3, 0.4) is 0 Å². The van der Waals surface area contributed by atoms with Gasteiger partial charge in [0, 0.05) is 30.4 Å². The molecule has 2 heterocycles. The Hall–Kier alpha value is -1.87. The maximum atomic E-state index is 4.67. The van der Waals surface area contributed by atoms with Crippen molar-refractivity contribution in [2.24, 2.45) is 4.99 Å². The zero-order valence-electron chi connectivity index (χ0n) is 14.8. The lowest BCUT2D eigenvalue weighted by Gasteiger charge is -2.10. The number of guanidine groups is 1. The highest BCUT2D eigenvalue weighted by molar-refractivity contribution is 14.0. The van der Waals surface area contributed by atoms with E-state index in [4.69, 9.17) is 0 Å². The standard InChI is InChI=1S/C19H23N5S.HI/c1-2-21-19(23-13-18-4-3-11-25-18)22-12-16-5-7-17(8-6-16)14-24-10-9-20-15-24;/h3-11,15H,2,12-14H2,1H3,(H2,21,22,23);1H. The van der Waals surface area contributed by atoms with E-state index in [0.717, 1.165) is 25.6 Å². The van der Waals surface area contributed by atoms with Gasteiger partial charge in [0.2, 0.25) is 0 Å². The van der Waals surface area contributed by atoms with Crippen LogP contribution in [0.25, 0.3) is 0 Å². The molecule has 2 aromatic heterocycles. The molecule has 0 unspecified atom stereocenters. The largest absolute Gasteiger partial charge is 0.357 e. The summed E-state index contributed by atoms with van der Waals surface area (Å²) in [4.78, 5) is 10.0. The quantitative estimate of drug-likeness (QED) is 0.306. The van der Waals surface area contributed by atoms with Gasteiger partial charge < -0.3 is 15.2 Å². The fourth-order valence-electron chi connectivity index (χ4n) is 2.44. The summed E-state index contributed by atoms with van der Waals surface area (Å²) >= 11 is 1.75. The lowest BCUT2D eigenvalue weighted by atomic mass is 10.1. The topological polar surface area (TPSA) is 54.2 Å². The molecule has 0 aliphatic heterocycles. The van der Waals surface area contributed by atoms with Crippen molar-refractivity contribution < 1.29 is 0 Å². The number of nitrogens with one attached hydrogen (secondary N) is 2. The van der Waals surface area contributed by atoms with E-state index >= 15 is 0 Å². The van der Waals surface area contributed by atoms with E-state index in [1.54, 1.807) is 17.5 Å². The Balaban J connectivity index is 0.00000243. The molecule has 3 rings (SSSR count). The van der Waals surface area contributed by atoms with Crippen molar-refractivity contribution in [2.75, 3.05) is 6.54 Å². The monoisotopic (exact) mass is 481 g/mol. The van der Waals surface area contributed by atoms with Crippen molar-refractivity contribution in [3.8, 4) is 0 Å². The molecule has 0 saturated carbocycles. The van der Waals surface area contributed by atoms with Gasteiger partial charge >= 0.3 is 0 Å². The first kappa shape index (κ1) is 20.4. The molecule has 0 saturated heterocycles. The molecule has 5 nitrogen and oxygen atoms in total. The zero-order valence-corrected chi connectivity index (χ0v) is 17.9. The van der Waals surface area contributed by atoms with Crippen molar-refractivity contribution in [3.63, 3.8) is 0 Å². The summed E-state index contributed by atoms with van der Waals surface area (Å²) in [6, 6.07) is 12.8. The van der Waals surface area contributed by atoms with Gasteiger partial charge in [-0.1, -0.05) is 30.3 Å². The molecular formula is C19H24IN5S. The summed E-state index contributed by atoms with van der Waals surface area (Å²) in [6.07, 6.45) is 5.61. The molecule has 3 aromatic rings. The fourth-order valence-corrected chi connectivity index (χ4v) is 3.08. The summed E-state index contributed by atoms with van der Waals surface area (Å²) in [5.41, 5.74) is 2.45. The van der Waals surface area contributed by atoms with Crippen molar-refractivity contribution in [1.82, 2.24) is 20.2 Å². The normalized spacial score (nSPS) is 11.0. The van der Waals surface area contributed by atoms with E-state index in [-0.39, 0.29) is 24.0 Å². The number of rotatable bonds is 7. The maximum Gasteiger partial charge on any atom is 0.191 e. The van der Waals surface area contributed by atoms with Crippen LogP contribution in [0.1, 0.15) is 22.9 Å². The number of hydrogen-bond donors (Lipinski definition) is 2. The van der Waals surface area contributed by atoms with Gasteiger partial charge in [0.05, 0.1) is 19.4 Å². The zero-order chi connectivity index (χ0) is 17.3. The first-order chi connectivity index (χ1) is 12.3. The molecule has 0 aliphatic carbocycles. The van der Waals surface area contributed by atoms with E-state index in [9.17, 15) is 0 Å². The Kier molecular flexibility index (Phi) is 8.63. The Morgan fingerprint density at radius 3 is 2.62 bits per heavy atom. The Morgan fingerprint density at radius 1 is 1.15 bits per heavy atom. The van der Waals surface area contributed by atoms with E-state index in [0.29, 0.717) is 6.54 Å². The molecule has 7 heteroatoms. The van der Waals surface area contributed by atoms with Crippen LogP contribution in [-0.4, -0.2) is 22.1 Å². The van der Waals surface area contributed by atoms with E-state index in [1.807, 2.05) is 12.5 Å². The van der Waals surface area contributed by atoms with Gasteiger partial charge in [0.1, 0.15) is 0 Å². The maximum absolute atomic E-state index is 4.67. The van der Waals surface area contributed by atoms with Crippen LogP contribution >= 0.6 is 35.3 Å². The molecule has 2 N–H and O–H groups in total. The van der Waals surface area contributed by atoms with Crippen molar-refractivity contribution in [3.05, 3.63) is 76.5 Å². The number of halogens is 1. The molecule has 0 radical (unpaired) electrons. The van der Waals surface area contributed by atoms with Crippen molar-refractivity contribution in [2.45, 2.75) is 26.6 Å². The smallest absolute Gasteiger partial charge is 0.191 e. The number of nitrogens with zero attached hydrogens (tertiary/aromatic N) is 3. The van der Waals surface area contributed by atoms with Crippen molar-refractivity contribution in [1.29, 1.82) is 0 Å². The van der Waals surface area contributed by atoms with E-state index < -0.39 is 0 Å². The number of thiophene rings is 1. The molecule has 138 valence electrons. The SMILES string of the molecule is CCNC(=NCc1ccc(Cn2ccnc2)cc1)NCc1cccs1.I. The Labute approximate surface area is 175 Å². The van der Waals surface area contributed by atoms with Crippen LogP contribution in [0.2, 0.25) is 0 Å². The fraction of sp³-hybridized carbons (Fsp3) is 0.263. The first-order valence-corrected chi connectivity index (χ1v) is 9.29. The van der Waals surface area contributed by atoms with E-state index in [2.05, 4.69) is 73.9 Å². The van der Waals surface area contributed by atoms with E-state index in [1.165, 1.54) is 16.0 Å². The van der Waals surface area contributed by atoms with Crippen LogP contribution in [-0.2, 0) is 19.6 Å². The predicted octanol–water partition coefficient (Wildman–Crippen LogP) is 3.87. The van der Waals surface area contributed by atoms with Gasteiger partial charge in [-0.05, 0) is 29.5 Å². The van der Waals surface area contributed by atoms with Crippen LogP contribution in [0, 0.1) is 0 Å².